The highest BCUT2D eigenvalue weighted by Crippen LogP contribution is 2.27. The van der Waals surface area contributed by atoms with Crippen molar-refractivity contribution in [2.24, 2.45) is 0 Å². The Morgan fingerprint density at radius 1 is 1.29 bits per heavy atom. The van der Waals surface area contributed by atoms with Crippen LogP contribution in [0.2, 0.25) is 0 Å². The third-order valence-electron chi connectivity index (χ3n) is 3.47. The Morgan fingerprint density at radius 2 is 2.14 bits per heavy atom. The zero-order valence-corrected chi connectivity index (χ0v) is 14.3. The second kappa shape index (κ2) is 8.54. The number of para-hydroxylation sites is 1. The molecule has 0 aliphatic heterocycles. The molecule has 0 saturated heterocycles. The number of ether oxygens (including phenoxy) is 1. The van der Waals surface area contributed by atoms with Crippen molar-refractivity contribution in [3.05, 3.63) is 24.0 Å². The summed E-state index contributed by atoms with van der Waals surface area (Å²) in [6, 6.07) is 6.10. The van der Waals surface area contributed by atoms with Crippen molar-refractivity contribution >= 4 is 34.4 Å². The molecule has 2 aromatic rings. The van der Waals surface area contributed by atoms with Gasteiger partial charge in [-0.05, 0) is 43.9 Å². The fourth-order valence-corrected chi connectivity index (χ4v) is 3.18. The number of thioether (sulfide) groups is 1. The molecule has 0 N–H and O–H groups in total. The van der Waals surface area contributed by atoms with E-state index in [0.717, 1.165) is 35.6 Å². The molecule has 2 rings (SSSR count). The molecule has 0 fully saturated rings. The first-order valence-electron chi connectivity index (χ1n) is 7.47. The number of rotatable bonds is 9. The minimum atomic E-state index is 0.436. The van der Waals surface area contributed by atoms with Crippen LogP contribution in [-0.4, -0.2) is 28.2 Å². The van der Waals surface area contributed by atoms with Crippen LogP contribution in [0.4, 0.5) is 0 Å². The maximum Gasteiger partial charge on any atom is 0.147 e. The molecule has 1 heterocycles. The summed E-state index contributed by atoms with van der Waals surface area (Å²) in [5.41, 5.74) is 2.06. The molecule has 0 saturated carbocycles. The average Bonchev–Trinajstić information content (AvgIpc) is 2.86. The quantitative estimate of drug-likeness (QED) is 0.493. The van der Waals surface area contributed by atoms with E-state index < -0.39 is 0 Å². The van der Waals surface area contributed by atoms with Gasteiger partial charge in [-0.1, -0.05) is 12.5 Å². The lowest BCUT2D eigenvalue weighted by atomic mass is 10.2. The zero-order chi connectivity index (χ0) is 15.1. The van der Waals surface area contributed by atoms with Crippen molar-refractivity contribution in [3.8, 4) is 5.75 Å². The maximum atomic E-state index is 6.07. The highest BCUT2D eigenvalue weighted by Gasteiger charge is 2.13. The van der Waals surface area contributed by atoms with Crippen LogP contribution < -0.4 is 4.74 Å². The number of unbranched alkanes of at least 4 members (excludes halogenated alkanes) is 2. The SMILES string of the molecule is CCOc1cccc2c1nc(CCl)n2CCCCCSC. The number of aryl methyl sites for hydroxylation is 1. The summed E-state index contributed by atoms with van der Waals surface area (Å²) >= 11 is 7.98. The lowest BCUT2D eigenvalue weighted by Gasteiger charge is -2.08. The van der Waals surface area contributed by atoms with Gasteiger partial charge in [0, 0.05) is 6.54 Å². The van der Waals surface area contributed by atoms with Crippen LogP contribution in [0.3, 0.4) is 0 Å². The van der Waals surface area contributed by atoms with Crippen LogP contribution in [0, 0.1) is 0 Å². The first-order valence-corrected chi connectivity index (χ1v) is 9.40. The fraction of sp³-hybridized carbons (Fsp3) is 0.562. The number of aromatic nitrogens is 2. The summed E-state index contributed by atoms with van der Waals surface area (Å²) in [4.78, 5) is 4.67. The molecule has 0 aliphatic carbocycles. The van der Waals surface area contributed by atoms with Crippen molar-refractivity contribution in [3.63, 3.8) is 0 Å². The summed E-state index contributed by atoms with van der Waals surface area (Å²) in [6.45, 7) is 3.61. The van der Waals surface area contributed by atoms with Crippen molar-refractivity contribution in [2.45, 2.75) is 38.6 Å². The molecule has 0 amide bonds. The normalized spacial score (nSPS) is 11.2. The number of nitrogens with zero attached hydrogens (tertiary/aromatic N) is 2. The number of imidazole rings is 1. The second-order valence-corrected chi connectivity index (χ2v) is 6.18. The van der Waals surface area contributed by atoms with E-state index in [4.69, 9.17) is 16.3 Å². The van der Waals surface area contributed by atoms with E-state index in [-0.39, 0.29) is 0 Å². The Labute approximate surface area is 136 Å². The Hall–Kier alpha value is -0.870. The van der Waals surface area contributed by atoms with Crippen LogP contribution in [-0.2, 0) is 12.4 Å². The first kappa shape index (κ1) is 16.5. The molecule has 0 unspecified atom stereocenters. The summed E-state index contributed by atoms with van der Waals surface area (Å²) in [7, 11) is 0. The number of benzene rings is 1. The van der Waals surface area contributed by atoms with Gasteiger partial charge in [-0.2, -0.15) is 11.8 Å². The van der Waals surface area contributed by atoms with E-state index >= 15 is 0 Å². The summed E-state index contributed by atoms with van der Waals surface area (Å²) < 4.78 is 7.91. The number of halogens is 1. The molecule has 0 radical (unpaired) electrons. The monoisotopic (exact) mass is 326 g/mol. The Bertz CT molecular complexity index is 571. The second-order valence-electron chi connectivity index (χ2n) is 4.92. The van der Waals surface area contributed by atoms with Gasteiger partial charge in [-0.3, -0.25) is 0 Å². The molecule has 5 heteroatoms. The van der Waals surface area contributed by atoms with Crippen molar-refractivity contribution in [2.75, 3.05) is 18.6 Å². The molecule has 3 nitrogen and oxygen atoms in total. The van der Waals surface area contributed by atoms with Crippen LogP contribution >= 0.6 is 23.4 Å². The fourth-order valence-electron chi connectivity index (χ4n) is 2.49. The van der Waals surface area contributed by atoms with Gasteiger partial charge in [-0.25, -0.2) is 4.98 Å². The first-order chi connectivity index (χ1) is 10.3. The molecule has 0 aliphatic rings. The van der Waals surface area contributed by atoms with Gasteiger partial charge in [0.15, 0.2) is 0 Å². The van der Waals surface area contributed by atoms with E-state index in [1.54, 1.807) is 0 Å². The molecular formula is C16H23ClN2OS. The minimum absolute atomic E-state index is 0.436. The Kier molecular flexibility index (Phi) is 6.71. The maximum absolute atomic E-state index is 6.07. The Balaban J connectivity index is 2.19. The predicted molar refractivity (Wildman–Crippen MR) is 92.7 cm³/mol. The molecule has 1 aromatic heterocycles. The van der Waals surface area contributed by atoms with Crippen LogP contribution in [0.1, 0.15) is 32.0 Å². The van der Waals surface area contributed by atoms with Crippen LogP contribution in [0.15, 0.2) is 18.2 Å². The van der Waals surface area contributed by atoms with E-state index in [0.29, 0.717) is 12.5 Å². The number of fused-ring (bicyclic) bond motifs is 1. The van der Waals surface area contributed by atoms with Crippen molar-refractivity contribution in [1.29, 1.82) is 0 Å². The average molecular weight is 327 g/mol. The standard InChI is InChI=1S/C16H23ClN2OS/c1-3-20-14-9-7-8-13-16(14)18-15(12-17)19(13)10-5-4-6-11-21-2/h7-9H,3-6,10-12H2,1-2H3. The van der Waals surface area contributed by atoms with Crippen molar-refractivity contribution < 1.29 is 4.74 Å². The van der Waals surface area contributed by atoms with Crippen LogP contribution in [0.5, 0.6) is 5.75 Å². The molecular weight excluding hydrogens is 304 g/mol. The minimum Gasteiger partial charge on any atom is -0.492 e. The number of alkyl halides is 1. The molecule has 0 bridgehead atoms. The summed E-state index contributed by atoms with van der Waals surface area (Å²) in [5.74, 6) is 3.46. The third-order valence-corrected chi connectivity index (χ3v) is 4.41. The third kappa shape index (κ3) is 4.07. The van der Waals surface area contributed by atoms with Gasteiger partial charge in [0.05, 0.1) is 18.0 Å². The van der Waals surface area contributed by atoms with Gasteiger partial charge in [0.25, 0.3) is 0 Å². The van der Waals surface area contributed by atoms with E-state index in [1.807, 2.05) is 30.8 Å². The highest BCUT2D eigenvalue weighted by atomic mass is 35.5. The lowest BCUT2D eigenvalue weighted by Crippen LogP contribution is -2.02. The van der Waals surface area contributed by atoms with Gasteiger partial charge in [0.1, 0.15) is 17.1 Å². The lowest BCUT2D eigenvalue weighted by molar-refractivity contribution is 0.343. The zero-order valence-electron chi connectivity index (χ0n) is 12.8. The number of hydrogen-bond donors (Lipinski definition) is 0. The van der Waals surface area contributed by atoms with Gasteiger partial charge < -0.3 is 9.30 Å². The molecule has 116 valence electrons. The molecule has 0 spiro atoms. The summed E-state index contributed by atoms with van der Waals surface area (Å²) in [6.07, 6.45) is 5.83. The van der Waals surface area contributed by atoms with E-state index in [2.05, 4.69) is 21.9 Å². The van der Waals surface area contributed by atoms with Crippen LogP contribution in [0.25, 0.3) is 11.0 Å². The largest absolute Gasteiger partial charge is 0.492 e. The molecule has 1 aromatic carbocycles. The predicted octanol–water partition coefficient (Wildman–Crippen LogP) is 4.71. The number of hydrogen-bond acceptors (Lipinski definition) is 3. The smallest absolute Gasteiger partial charge is 0.147 e. The van der Waals surface area contributed by atoms with Gasteiger partial charge in [-0.15, -0.1) is 11.6 Å². The van der Waals surface area contributed by atoms with Crippen molar-refractivity contribution in [1.82, 2.24) is 9.55 Å². The van der Waals surface area contributed by atoms with E-state index in [9.17, 15) is 0 Å². The summed E-state index contributed by atoms with van der Waals surface area (Å²) in [5, 5.41) is 0. The Morgan fingerprint density at radius 3 is 2.86 bits per heavy atom. The molecule has 0 atom stereocenters. The topological polar surface area (TPSA) is 27.1 Å². The molecule has 21 heavy (non-hydrogen) atoms. The van der Waals surface area contributed by atoms with Gasteiger partial charge >= 0.3 is 0 Å². The van der Waals surface area contributed by atoms with E-state index in [1.165, 1.54) is 18.6 Å². The van der Waals surface area contributed by atoms with Gasteiger partial charge in [0.2, 0.25) is 0 Å². The highest BCUT2D eigenvalue weighted by molar-refractivity contribution is 7.98.